The maximum atomic E-state index is 11.9. The highest BCUT2D eigenvalue weighted by molar-refractivity contribution is 5.93. The standard InChI is InChI=1S/C12H9N3O2/c1-2-6-13-11(16)9-8-14-10-5-3-4-7-15(10)12(9)17/h1,3-5,7-8H,6H2,(H,13,16). The zero-order chi connectivity index (χ0) is 12.3. The molecule has 1 amide bonds. The number of hydrogen-bond donors (Lipinski definition) is 1. The van der Waals surface area contributed by atoms with Gasteiger partial charge in [0.2, 0.25) is 0 Å². The van der Waals surface area contributed by atoms with Crippen LogP contribution in [0.1, 0.15) is 10.4 Å². The predicted octanol–water partition coefficient (Wildman–Crippen LogP) is 0.0575. The van der Waals surface area contributed by atoms with Crippen molar-refractivity contribution in [2.45, 2.75) is 0 Å². The molecule has 17 heavy (non-hydrogen) atoms. The monoisotopic (exact) mass is 227 g/mol. The average molecular weight is 227 g/mol. The Morgan fingerprint density at radius 1 is 1.53 bits per heavy atom. The zero-order valence-corrected chi connectivity index (χ0v) is 8.88. The Kier molecular flexibility index (Phi) is 2.88. The van der Waals surface area contributed by atoms with Crippen molar-refractivity contribution >= 4 is 11.6 Å². The van der Waals surface area contributed by atoms with Crippen molar-refractivity contribution in [2.24, 2.45) is 0 Å². The van der Waals surface area contributed by atoms with Crippen LogP contribution in [0.4, 0.5) is 0 Å². The molecule has 5 nitrogen and oxygen atoms in total. The van der Waals surface area contributed by atoms with Gasteiger partial charge in [-0.2, -0.15) is 0 Å². The number of rotatable bonds is 2. The Labute approximate surface area is 97.1 Å². The summed E-state index contributed by atoms with van der Waals surface area (Å²) in [5.41, 5.74) is 0.0556. The van der Waals surface area contributed by atoms with Crippen LogP contribution in [0.15, 0.2) is 35.4 Å². The molecule has 2 rings (SSSR count). The summed E-state index contributed by atoms with van der Waals surface area (Å²) in [6.07, 6.45) is 7.83. The number of carbonyl (C=O) groups is 1. The van der Waals surface area contributed by atoms with Gasteiger partial charge < -0.3 is 5.32 Å². The van der Waals surface area contributed by atoms with Crippen molar-refractivity contribution in [3.63, 3.8) is 0 Å². The van der Waals surface area contributed by atoms with E-state index in [1.807, 2.05) is 0 Å². The van der Waals surface area contributed by atoms with Gasteiger partial charge in [0.1, 0.15) is 11.2 Å². The number of terminal acetylenes is 1. The van der Waals surface area contributed by atoms with Gasteiger partial charge >= 0.3 is 0 Å². The van der Waals surface area contributed by atoms with Gasteiger partial charge in [0.25, 0.3) is 11.5 Å². The van der Waals surface area contributed by atoms with Crippen LogP contribution in [0.2, 0.25) is 0 Å². The molecule has 84 valence electrons. The topological polar surface area (TPSA) is 63.5 Å². The second-order valence-corrected chi connectivity index (χ2v) is 3.29. The summed E-state index contributed by atoms with van der Waals surface area (Å²) in [4.78, 5) is 27.6. The predicted molar refractivity (Wildman–Crippen MR) is 62.6 cm³/mol. The molecule has 0 aliphatic rings. The first-order chi connectivity index (χ1) is 8.24. The van der Waals surface area contributed by atoms with Crippen LogP contribution in [0.5, 0.6) is 0 Å². The Morgan fingerprint density at radius 3 is 3.12 bits per heavy atom. The molecule has 2 heterocycles. The fraction of sp³-hybridized carbons (Fsp3) is 0.0833. The fourth-order valence-electron chi connectivity index (χ4n) is 1.41. The molecule has 0 aromatic carbocycles. The van der Waals surface area contributed by atoms with E-state index < -0.39 is 11.5 Å². The van der Waals surface area contributed by atoms with Gasteiger partial charge in [-0.05, 0) is 12.1 Å². The van der Waals surface area contributed by atoms with Crippen LogP contribution in [-0.4, -0.2) is 21.8 Å². The van der Waals surface area contributed by atoms with Gasteiger partial charge in [-0.1, -0.05) is 12.0 Å². The van der Waals surface area contributed by atoms with Crippen LogP contribution in [0, 0.1) is 12.3 Å². The lowest BCUT2D eigenvalue weighted by Crippen LogP contribution is -2.31. The summed E-state index contributed by atoms with van der Waals surface area (Å²) >= 11 is 0. The van der Waals surface area contributed by atoms with E-state index >= 15 is 0 Å². The van der Waals surface area contributed by atoms with Crippen molar-refractivity contribution in [2.75, 3.05) is 6.54 Å². The van der Waals surface area contributed by atoms with E-state index in [9.17, 15) is 9.59 Å². The number of amides is 1. The van der Waals surface area contributed by atoms with Crippen molar-refractivity contribution in [3.8, 4) is 12.3 Å². The molecular formula is C12H9N3O2. The molecule has 2 aromatic rings. The average Bonchev–Trinajstić information content (AvgIpc) is 2.37. The molecule has 0 radical (unpaired) electrons. The molecule has 0 unspecified atom stereocenters. The molecule has 0 atom stereocenters. The molecular weight excluding hydrogens is 218 g/mol. The Morgan fingerprint density at radius 2 is 2.35 bits per heavy atom. The van der Waals surface area contributed by atoms with Crippen LogP contribution in [0.25, 0.3) is 5.65 Å². The van der Waals surface area contributed by atoms with E-state index in [0.29, 0.717) is 5.65 Å². The minimum atomic E-state index is -0.515. The first-order valence-corrected chi connectivity index (χ1v) is 4.92. The van der Waals surface area contributed by atoms with Gasteiger partial charge in [-0.3, -0.25) is 14.0 Å². The van der Waals surface area contributed by atoms with Crippen molar-refractivity contribution in [1.82, 2.24) is 14.7 Å². The number of nitrogens with one attached hydrogen (secondary N) is 1. The number of carbonyl (C=O) groups excluding carboxylic acids is 1. The van der Waals surface area contributed by atoms with E-state index in [0.717, 1.165) is 0 Å². The Bertz CT molecular complexity index is 667. The summed E-state index contributed by atoms with van der Waals surface area (Å²) in [6.45, 7) is 0.0791. The first kappa shape index (κ1) is 10.9. The fourth-order valence-corrected chi connectivity index (χ4v) is 1.41. The molecule has 2 aromatic heterocycles. The van der Waals surface area contributed by atoms with E-state index in [2.05, 4.69) is 16.2 Å². The second kappa shape index (κ2) is 4.49. The Balaban J connectivity index is 2.50. The third-order valence-corrected chi connectivity index (χ3v) is 2.21. The smallest absolute Gasteiger partial charge is 0.270 e. The molecule has 0 aliphatic carbocycles. The minimum absolute atomic E-state index is 0.0241. The normalized spacial score (nSPS) is 9.82. The lowest BCUT2D eigenvalue weighted by atomic mass is 10.3. The Hall–Kier alpha value is -2.61. The first-order valence-electron chi connectivity index (χ1n) is 4.92. The molecule has 0 saturated carbocycles. The van der Waals surface area contributed by atoms with Crippen LogP contribution >= 0.6 is 0 Å². The van der Waals surface area contributed by atoms with Gasteiger partial charge in [0.15, 0.2) is 0 Å². The second-order valence-electron chi connectivity index (χ2n) is 3.29. The van der Waals surface area contributed by atoms with Crippen LogP contribution in [0.3, 0.4) is 0 Å². The van der Waals surface area contributed by atoms with Gasteiger partial charge in [0.05, 0.1) is 6.54 Å². The van der Waals surface area contributed by atoms with Crippen molar-refractivity contribution in [3.05, 3.63) is 46.5 Å². The quantitative estimate of drug-likeness (QED) is 0.738. The number of hydrogen-bond acceptors (Lipinski definition) is 3. The highest BCUT2D eigenvalue weighted by Gasteiger charge is 2.11. The molecule has 0 bridgehead atoms. The highest BCUT2D eigenvalue weighted by atomic mass is 16.2. The van der Waals surface area contributed by atoms with Gasteiger partial charge in [-0.25, -0.2) is 4.98 Å². The maximum Gasteiger partial charge on any atom is 0.270 e. The zero-order valence-electron chi connectivity index (χ0n) is 8.88. The number of nitrogens with zero attached hydrogens (tertiary/aromatic N) is 2. The van der Waals surface area contributed by atoms with E-state index in [1.54, 1.807) is 24.4 Å². The van der Waals surface area contributed by atoms with Gasteiger partial charge in [0, 0.05) is 12.4 Å². The molecule has 0 fully saturated rings. The van der Waals surface area contributed by atoms with E-state index in [-0.39, 0.29) is 12.1 Å². The summed E-state index contributed by atoms with van der Waals surface area (Å²) < 4.78 is 1.31. The lowest BCUT2D eigenvalue weighted by Gasteiger charge is -2.03. The molecule has 1 N–H and O–H groups in total. The van der Waals surface area contributed by atoms with E-state index in [4.69, 9.17) is 6.42 Å². The van der Waals surface area contributed by atoms with E-state index in [1.165, 1.54) is 10.6 Å². The van der Waals surface area contributed by atoms with Crippen LogP contribution < -0.4 is 10.9 Å². The summed E-state index contributed by atoms with van der Waals surface area (Å²) in [7, 11) is 0. The molecule has 0 aliphatic heterocycles. The minimum Gasteiger partial charge on any atom is -0.341 e. The van der Waals surface area contributed by atoms with Crippen molar-refractivity contribution in [1.29, 1.82) is 0 Å². The largest absolute Gasteiger partial charge is 0.341 e. The third kappa shape index (κ3) is 2.01. The summed E-state index contributed by atoms with van der Waals surface area (Å²) in [5, 5.41) is 2.43. The number of pyridine rings is 1. The summed E-state index contributed by atoms with van der Waals surface area (Å²) in [5.74, 6) is 1.75. The number of fused-ring (bicyclic) bond motifs is 1. The van der Waals surface area contributed by atoms with Crippen molar-refractivity contribution < 1.29 is 4.79 Å². The highest BCUT2D eigenvalue weighted by Crippen LogP contribution is 1.97. The SMILES string of the molecule is C#CCNC(=O)c1cnc2ccccn2c1=O. The number of aromatic nitrogens is 2. The molecule has 0 spiro atoms. The van der Waals surface area contributed by atoms with Crippen LogP contribution in [-0.2, 0) is 0 Å². The lowest BCUT2D eigenvalue weighted by molar-refractivity contribution is 0.0956. The third-order valence-electron chi connectivity index (χ3n) is 2.21. The van der Waals surface area contributed by atoms with Gasteiger partial charge in [-0.15, -0.1) is 6.42 Å². The summed E-state index contributed by atoms with van der Waals surface area (Å²) in [6, 6.07) is 5.14. The molecule has 0 saturated heterocycles. The molecule has 5 heteroatoms. The maximum absolute atomic E-state index is 11.9.